The molecule has 0 radical (unpaired) electrons. The molecule has 9 atom stereocenters. The molecule has 0 aromatic rings. The highest BCUT2D eigenvalue weighted by molar-refractivity contribution is 5.82. The Labute approximate surface area is 220 Å². The van der Waals surface area contributed by atoms with Crippen LogP contribution >= 0.6 is 0 Å². The third-order valence-corrected chi connectivity index (χ3v) is 7.41. The van der Waals surface area contributed by atoms with Crippen LogP contribution in [0.2, 0.25) is 0 Å². The minimum Gasteiger partial charge on any atom is -0.456 e. The molecular weight excluding hydrogens is 472 g/mol. The number of aliphatic hydroxyl groups is 2. The van der Waals surface area contributed by atoms with Crippen LogP contribution in [-0.2, 0) is 23.7 Å². The number of rotatable bonds is 3. The van der Waals surface area contributed by atoms with Gasteiger partial charge in [0, 0.05) is 12.5 Å². The first-order valence-electron chi connectivity index (χ1n) is 13.6. The van der Waals surface area contributed by atoms with E-state index in [2.05, 4.69) is 26.5 Å². The molecular formula is C30H42O7. The summed E-state index contributed by atoms with van der Waals surface area (Å²) in [6.07, 6.45) is 14.2. The summed E-state index contributed by atoms with van der Waals surface area (Å²) >= 11 is 0. The summed E-state index contributed by atoms with van der Waals surface area (Å²) in [5, 5.41) is 21.7. The number of esters is 1. The summed E-state index contributed by atoms with van der Waals surface area (Å²) in [5.74, 6) is -0.144. The molecule has 4 aliphatic heterocycles. The third kappa shape index (κ3) is 8.76. The second-order valence-electron chi connectivity index (χ2n) is 11.0. The maximum Gasteiger partial charge on any atom is 0.330 e. The van der Waals surface area contributed by atoms with Gasteiger partial charge in [-0.2, -0.15) is 0 Å². The zero-order chi connectivity index (χ0) is 26.4. The molecule has 0 aromatic carbocycles. The van der Waals surface area contributed by atoms with Gasteiger partial charge < -0.3 is 29.2 Å². The van der Waals surface area contributed by atoms with Crippen molar-refractivity contribution in [3.8, 4) is 0 Å². The minimum absolute atomic E-state index is 0.0872. The first kappa shape index (κ1) is 28.0. The molecule has 2 bridgehead atoms. The monoisotopic (exact) mass is 514 g/mol. The van der Waals surface area contributed by atoms with Crippen molar-refractivity contribution in [1.29, 1.82) is 0 Å². The molecule has 0 aromatic heterocycles. The lowest BCUT2D eigenvalue weighted by Gasteiger charge is -2.28. The molecule has 37 heavy (non-hydrogen) atoms. The number of fused-ring (bicyclic) bond motifs is 3. The fourth-order valence-corrected chi connectivity index (χ4v) is 5.42. The lowest BCUT2D eigenvalue weighted by molar-refractivity contribution is -0.148. The van der Waals surface area contributed by atoms with E-state index in [1.807, 2.05) is 12.2 Å². The summed E-state index contributed by atoms with van der Waals surface area (Å²) in [6, 6.07) is 0. The first-order valence-corrected chi connectivity index (χ1v) is 13.6. The normalized spacial score (nSPS) is 39.6. The van der Waals surface area contributed by atoms with Gasteiger partial charge in [-0.05, 0) is 51.4 Å². The first-order chi connectivity index (χ1) is 17.8. The maximum absolute atomic E-state index is 12.6. The fraction of sp³-hybridized carbons (Fsp3) is 0.633. The molecule has 0 spiro atoms. The van der Waals surface area contributed by atoms with Crippen molar-refractivity contribution in [2.45, 2.75) is 108 Å². The second kappa shape index (κ2) is 13.2. The van der Waals surface area contributed by atoms with Crippen molar-refractivity contribution in [3.63, 3.8) is 0 Å². The van der Waals surface area contributed by atoms with Gasteiger partial charge in [-0.1, -0.05) is 61.1 Å². The summed E-state index contributed by atoms with van der Waals surface area (Å²) in [5.41, 5.74) is 2.23. The molecule has 4 rings (SSSR count). The van der Waals surface area contributed by atoms with E-state index in [-0.39, 0.29) is 36.9 Å². The van der Waals surface area contributed by atoms with Crippen LogP contribution in [0.25, 0.3) is 0 Å². The van der Waals surface area contributed by atoms with Crippen LogP contribution < -0.4 is 0 Å². The van der Waals surface area contributed by atoms with E-state index in [1.54, 1.807) is 18.2 Å². The van der Waals surface area contributed by atoms with Crippen LogP contribution in [0.4, 0.5) is 0 Å². The van der Waals surface area contributed by atoms with Crippen molar-refractivity contribution in [2.24, 2.45) is 5.92 Å². The highest BCUT2D eigenvalue weighted by atomic mass is 16.6. The summed E-state index contributed by atoms with van der Waals surface area (Å²) in [6.45, 7) is 9.07. The van der Waals surface area contributed by atoms with Gasteiger partial charge in [0.2, 0.25) is 0 Å². The number of ether oxygens (including phenoxy) is 4. The van der Waals surface area contributed by atoms with Crippen LogP contribution in [0, 0.1) is 5.92 Å². The Balaban J connectivity index is 1.45. The number of hydrogen-bond acceptors (Lipinski definition) is 7. The fourth-order valence-electron chi connectivity index (χ4n) is 5.42. The number of epoxide rings is 1. The predicted molar refractivity (Wildman–Crippen MR) is 141 cm³/mol. The van der Waals surface area contributed by atoms with E-state index < -0.39 is 24.3 Å². The molecule has 4 heterocycles. The van der Waals surface area contributed by atoms with E-state index in [0.29, 0.717) is 25.4 Å². The molecule has 0 saturated carbocycles. The topological polar surface area (TPSA) is 97.8 Å². The van der Waals surface area contributed by atoms with Crippen LogP contribution in [-0.4, -0.2) is 71.6 Å². The molecule has 7 heteroatoms. The lowest BCUT2D eigenvalue weighted by atomic mass is 9.91. The van der Waals surface area contributed by atoms with Gasteiger partial charge >= 0.3 is 5.97 Å². The largest absolute Gasteiger partial charge is 0.456 e. The summed E-state index contributed by atoms with van der Waals surface area (Å²) in [7, 11) is 0. The molecule has 0 amide bonds. The lowest BCUT2D eigenvalue weighted by Crippen LogP contribution is -2.32. The molecule has 0 aliphatic carbocycles. The molecule has 2 N–H and O–H groups in total. The van der Waals surface area contributed by atoms with Gasteiger partial charge in [0.05, 0.1) is 37.1 Å². The van der Waals surface area contributed by atoms with E-state index in [0.717, 1.165) is 31.3 Å². The summed E-state index contributed by atoms with van der Waals surface area (Å²) < 4.78 is 23.3. The van der Waals surface area contributed by atoms with Crippen molar-refractivity contribution in [1.82, 2.24) is 0 Å². The Morgan fingerprint density at radius 2 is 2.00 bits per heavy atom. The zero-order valence-electron chi connectivity index (χ0n) is 22.0. The Bertz CT molecular complexity index is 919. The minimum atomic E-state index is -1.04. The highest BCUT2D eigenvalue weighted by Gasteiger charge is 2.46. The van der Waals surface area contributed by atoms with Gasteiger partial charge in [0.1, 0.15) is 18.3 Å². The highest BCUT2D eigenvalue weighted by Crippen LogP contribution is 2.34. The Morgan fingerprint density at radius 1 is 1.16 bits per heavy atom. The molecule has 7 nitrogen and oxygen atoms in total. The van der Waals surface area contributed by atoms with Crippen molar-refractivity contribution < 1.29 is 34.0 Å². The van der Waals surface area contributed by atoms with Gasteiger partial charge in [0.15, 0.2) is 0 Å². The van der Waals surface area contributed by atoms with Gasteiger partial charge in [-0.25, -0.2) is 4.79 Å². The maximum atomic E-state index is 12.6. The Morgan fingerprint density at radius 3 is 2.81 bits per heavy atom. The van der Waals surface area contributed by atoms with Gasteiger partial charge in [-0.15, -0.1) is 0 Å². The van der Waals surface area contributed by atoms with Crippen molar-refractivity contribution in [2.75, 3.05) is 6.61 Å². The Kier molecular flexibility index (Phi) is 9.96. The van der Waals surface area contributed by atoms with Gasteiger partial charge in [-0.3, -0.25) is 0 Å². The van der Waals surface area contributed by atoms with Crippen molar-refractivity contribution in [3.05, 3.63) is 60.3 Å². The van der Waals surface area contributed by atoms with E-state index in [9.17, 15) is 15.0 Å². The molecule has 1 unspecified atom stereocenters. The smallest absolute Gasteiger partial charge is 0.330 e. The van der Waals surface area contributed by atoms with Crippen LogP contribution in [0.1, 0.15) is 58.8 Å². The standard InChI is InChI=1S/C30H42O7/c1-19-12-13-34-23(15-19)10-11-25(31)27-18-28-30(37-28)26(32)17-21(3)14-20(2)16-24-8-4-6-22(35-24)7-5-9-29(33)36-27/h4-6,9-11,15,20,22-28,30-32H,3,7-8,12-14,16-18H2,1-2H3/b9-5-,11-10+/t20-,22-,23?,24-,25-,26-,27-,28-,30-/m0/s1. The van der Waals surface area contributed by atoms with Gasteiger partial charge in [0.25, 0.3) is 0 Å². The van der Waals surface area contributed by atoms with E-state index in [4.69, 9.17) is 18.9 Å². The van der Waals surface area contributed by atoms with E-state index in [1.165, 1.54) is 11.6 Å². The quantitative estimate of drug-likeness (QED) is 0.332. The SMILES string of the molecule is C=C1C[C@H](C)C[C@@H]2CC=C[C@@H](C/C=C\C(=O)O[C@H]([C@@H](O)/C=C/C3C=C(C)CCO3)C[C@@H]3O[C@H]3[C@@H](O)C1)O2. The van der Waals surface area contributed by atoms with E-state index >= 15 is 0 Å². The molecule has 1 saturated heterocycles. The van der Waals surface area contributed by atoms with Crippen molar-refractivity contribution >= 4 is 5.97 Å². The van der Waals surface area contributed by atoms with Crippen LogP contribution in [0.5, 0.6) is 0 Å². The number of hydrogen-bond donors (Lipinski definition) is 2. The average molecular weight is 515 g/mol. The number of aliphatic hydroxyl groups excluding tert-OH is 2. The molecule has 4 aliphatic rings. The molecule has 204 valence electrons. The second-order valence-corrected chi connectivity index (χ2v) is 11.0. The Hall–Kier alpha value is -2.03. The number of cyclic esters (lactones) is 1. The molecule has 1 fully saturated rings. The average Bonchev–Trinajstić information content (AvgIpc) is 3.61. The third-order valence-electron chi connectivity index (χ3n) is 7.41. The van der Waals surface area contributed by atoms with Crippen LogP contribution in [0.15, 0.2) is 60.3 Å². The number of carbonyl (C=O) groups is 1. The summed E-state index contributed by atoms with van der Waals surface area (Å²) in [4.78, 5) is 12.6. The van der Waals surface area contributed by atoms with Crippen LogP contribution in [0.3, 0.4) is 0 Å². The predicted octanol–water partition coefficient (Wildman–Crippen LogP) is 4.11. The number of carbonyl (C=O) groups excluding carboxylic acids is 1. The zero-order valence-corrected chi connectivity index (χ0v) is 22.0.